The van der Waals surface area contributed by atoms with E-state index >= 15 is 0 Å². The Bertz CT molecular complexity index is 296. The third-order valence-corrected chi connectivity index (χ3v) is 3.62. The standard InChI is InChI=1S/C9H9F3IO2/c10-9(11,12)5-6-1-3-13-4-2-7(6)8(14)15/h1-4,6-7H,5H2,(H,14,15)/q-1. The van der Waals surface area contributed by atoms with E-state index in [2.05, 4.69) is 0 Å². The van der Waals surface area contributed by atoms with E-state index in [9.17, 15) is 18.0 Å². The van der Waals surface area contributed by atoms with Crippen LogP contribution in [-0.4, -0.2) is 17.3 Å². The molecule has 15 heavy (non-hydrogen) atoms. The Morgan fingerprint density at radius 3 is 2.47 bits per heavy atom. The van der Waals surface area contributed by atoms with Crippen molar-refractivity contribution < 1.29 is 44.3 Å². The molecule has 1 aliphatic rings. The van der Waals surface area contributed by atoms with Crippen LogP contribution in [0.15, 0.2) is 20.3 Å². The molecule has 0 aromatic rings. The van der Waals surface area contributed by atoms with E-state index in [0.717, 1.165) is 0 Å². The molecule has 1 aliphatic heterocycles. The van der Waals surface area contributed by atoms with Gasteiger partial charge in [-0.05, 0) is 0 Å². The first-order valence-electron chi connectivity index (χ1n) is 4.15. The van der Waals surface area contributed by atoms with E-state index in [4.69, 9.17) is 5.11 Å². The number of carboxylic acid groups (broad SMARTS) is 1. The third-order valence-electron chi connectivity index (χ3n) is 1.96. The molecule has 1 N–H and O–H groups in total. The van der Waals surface area contributed by atoms with Crippen LogP contribution in [0.1, 0.15) is 6.42 Å². The number of hydrogen-bond donors (Lipinski definition) is 1. The van der Waals surface area contributed by atoms with Gasteiger partial charge in [-0.25, -0.2) is 0 Å². The Kier molecular flexibility index (Phi) is 4.18. The fourth-order valence-electron chi connectivity index (χ4n) is 1.29. The van der Waals surface area contributed by atoms with E-state index in [1.807, 2.05) is 0 Å². The van der Waals surface area contributed by atoms with Gasteiger partial charge in [-0.1, -0.05) is 0 Å². The first kappa shape index (κ1) is 12.5. The number of alkyl halides is 3. The molecule has 0 radical (unpaired) electrons. The van der Waals surface area contributed by atoms with Crippen LogP contribution in [0, 0.1) is 11.8 Å². The van der Waals surface area contributed by atoms with E-state index in [1.54, 1.807) is 8.17 Å². The van der Waals surface area contributed by atoms with Crippen LogP contribution in [0.25, 0.3) is 0 Å². The van der Waals surface area contributed by atoms with E-state index in [-0.39, 0.29) is 0 Å². The zero-order valence-corrected chi connectivity index (χ0v) is 9.70. The molecule has 2 atom stereocenters. The van der Waals surface area contributed by atoms with Gasteiger partial charge >= 0.3 is 95.0 Å². The van der Waals surface area contributed by atoms with E-state index in [1.165, 1.54) is 12.2 Å². The Balaban J connectivity index is 2.81. The molecular weight excluding hydrogens is 324 g/mol. The van der Waals surface area contributed by atoms with Gasteiger partial charge < -0.3 is 0 Å². The summed E-state index contributed by atoms with van der Waals surface area (Å²) in [6.07, 6.45) is -2.63. The van der Waals surface area contributed by atoms with Crippen LogP contribution in [0.5, 0.6) is 0 Å². The van der Waals surface area contributed by atoms with Gasteiger partial charge in [-0.15, -0.1) is 0 Å². The molecule has 0 spiro atoms. The normalized spacial score (nSPS) is 26.9. The van der Waals surface area contributed by atoms with Gasteiger partial charge in [0.1, 0.15) is 0 Å². The van der Waals surface area contributed by atoms with Gasteiger partial charge in [0.25, 0.3) is 0 Å². The number of halogens is 4. The summed E-state index contributed by atoms with van der Waals surface area (Å²) in [5.74, 6) is -3.22. The molecular formula is C9H9F3IO2-. The third kappa shape index (κ3) is 4.23. The van der Waals surface area contributed by atoms with Gasteiger partial charge in [0, 0.05) is 0 Å². The Hall–Kier alpha value is -0.530. The molecule has 6 heteroatoms. The number of rotatable bonds is 2. The molecule has 1 heterocycles. The molecule has 1 rings (SSSR count). The van der Waals surface area contributed by atoms with Crippen molar-refractivity contribution in [2.75, 3.05) is 0 Å². The molecule has 0 fully saturated rings. The van der Waals surface area contributed by atoms with Crippen molar-refractivity contribution >= 4 is 5.97 Å². The second kappa shape index (κ2) is 5.00. The zero-order valence-electron chi connectivity index (χ0n) is 7.54. The van der Waals surface area contributed by atoms with Gasteiger partial charge in [-0.2, -0.15) is 0 Å². The van der Waals surface area contributed by atoms with Crippen LogP contribution < -0.4 is 21.2 Å². The van der Waals surface area contributed by atoms with Crippen molar-refractivity contribution in [2.45, 2.75) is 12.6 Å². The van der Waals surface area contributed by atoms with Crippen molar-refractivity contribution in [1.82, 2.24) is 0 Å². The average Bonchev–Trinajstić information content (AvgIpc) is 2.26. The number of carboxylic acids is 1. The maximum absolute atomic E-state index is 12.2. The van der Waals surface area contributed by atoms with Gasteiger partial charge in [0.05, 0.1) is 0 Å². The molecule has 0 saturated carbocycles. The summed E-state index contributed by atoms with van der Waals surface area (Å²) in [7, 11) is 0. The maximum atomic E-state index is 12.2. The Morgan fingerprint density at radius 1 is 1.33 bits per heavy atom. The van der Waals surface area contributed by atoms with Crippen molar-refractivity contribution in [3.05, 3.63) is 20.3 Å². The van der Waals surface area contributed by atoms with Crippen LogP contribution in [0.4, 0.5) is 13.2 Å². The SMILES string of the molecule is O=C(O)C1C=C[I-]C=CC1CC(F)(F)F. The Labute approximate surface area is 95.1 Å². The molecule has 0 saturated heterocycles. The summed E-state index contributed by atoms with van der Waals surface area (Å²) < 4.78 is 39.9. The fourth-order valence-corrected chi connectivity index (χ4v) is 2.99. The summed E-state index contributed by atoms with van der Waals surface area (Å²) in [6.45, 7) is 0. The van der Waals surface area contributed by atoms with E-state index < -0.39 is 51.6 Å². The molecule has 0 aromatic carbocycles. The van der Waals surface area contributed by atoms with Crippen molar-refractivity contribution in [3.63, 3.8) is 0 Å². The van der Waals surface area contributed by atoms with Gasteiger partial charge in [0.2, 0.25) is 0 Å². The van der Waals surface area contributed by atoms with Crippen LogP contribution in [0.3, 0.4) is 0 Å². The van der Waals surface area contributed by atoms with Crippen molar-refractivity contribution in [3.8, 4) is 0 Å². The molecule has 0 amide bonds. The van der Waals surface area contributed by atoms with Crippen LogP contribution in [-0.2, 0) is 4.79 Å². The number of hydrogen-bond acceptors (Lipinski definition) is 1. The fraction of sp³-hybridized carbons (Fsp3) is 0.444. The monoisotopic (exact) mass is 333 g/mol. The second-order valence-corrected chi connectivity index (χ2v) is 5.27. The number of carbonyl (C=O) groups is 1. The summed E-state index contributed by atoms with van der Waals surface area (Å²) in [5, 5.41) is 8.79. The molecule has 0 aromatic heterocycles. The van der Waals surface area contributed by atoms with Crippen LogP contribution in [0.2, 0.25) is 0 Å². The molecule has 2 nitrogen and oxygen atoms in total. The molecule has 2 unspecified atom stereocenters. The zero-order chi connectivity index (χ0) is 11.5. The van der Waals surface area contributed by atoms with Crippen molar-refractivity contribution in [1.29, 1.82) is 0 Å². The summed E-state index contributed by atoms with van der Waals surface area (Å²) in [5.41, 5.74) is 0. The second-order valence-electron chi connectivity index (χ2n) is 3.11. The first-order chi connectivity index (χ1) is 6.90. The molecule has 86 valence electrons. The predicted octanol–water partition coefficient (Wildman–Crippen LogP) is -0.614. The quantitative estimate of drug-likeness (QED) is 0.685. The van der Waals surface area contributed by atoms with E-state index in [0.29, 0.717) is 0 Å². The minimum absolute atomic E-state index is 0.427. The Morgan fingerprint density at radius 2 is 1.93 bits per heavy atom. The molecule has 0 bridgehead atoms. The first-order valence-corrected chi connectivity index (χ1v) is 6.64. The van der Waals surface area contributed by atoms with Crippen molar-refractivity contribution in [2.24, 2.45) is 11.8 Å². The average molecular weight is 333 g/mol. The summed E-state index contributed by atoms with van der Waals surface area (Å²) in [6, 6.07) is 0. The number of allylic oxidation sites excluding steroid dienone is 1. The number of aliphatic carboxylic acids is 1. The van der Waals surface area contributed by atoms with Gasteiger partial charge in [-0.3, -0.25) is 0 Å². The predicted molar refractivity (Wildman–Crippen MR) is 43.6 cm³/mol. The topological polar surface area (TPSA) is 37.3 Å². The summed E-state index contributed by atoms with van der Waals surface area (Å²) >= 11 is -0.427. The summed E-state index contributed by atoms with van der Waals surface area (Å²) in [4.78, 5) is 10.8. The minimum atomic E-state index is -4.32. The van der Waals surface area contributed by atoms with Gasteiger partial charge in [0.15, 0.2) is 0 Å². The molecule has 0 aliphatic carbocycles. The van der Waals surface area contributed by atoms with Crippen LogP contribution >= 0.6 is 0 Å².